The Morgan fingerprint density at radius 2 is 2.10 bits per heavy atom. The lowest BCUT2D eigenvalue weighted by Crippen LogP contribution is -2.24. The second-order valence-electron chi connectivity index (χ2n) is 4.30. The standard InChI is InChI=1S/C15H16N2O3S/c1-11-10-12(15(21-11)17-8-3-4-9-17)14(19)16-7-5-6-13(18)20-2/h3-6,8-10H,7H2,1-2H3,(H,16,19)/b6-5+. The van der Waals surface area contributed by atoms with E-state index < -0.39 is 5.97 Å². The van der Waals surface area contributed by atoms with E-state index in [1.807, 2.05) is 42.1 Å². The Kier molecular flexibility index (Phi) is 4.94. The molecule has 21 heavy (non-hydrogen) atoms. The average molecular weight is 304 g/mol. The summed E-state index contributed by atoms with van der Waals surface area (Å²) < 4.78 is 6.39. The van der Waals surface area contributed by atoms with E-state index in [4.69, 9.17) is 0 Å². The smallest absolute Gasteiger partial charge is 0.330 e. The van der Waals surface area contributed by atoms with Crippen LogP contribution in [-0.2, 0) is 9.53 Å². The number of amides is 1. The zero-order chi connectivity index (χ0) is 15.2. The number of aromatic nitrogens is 1. The summed E-state index contributed by atoms with van der Waals surface area (Å²) >= 11 is 1.56. The van der Waals surface area contributed by atoms with Gasteiger partial charge in [-0.1, -0.05) is 6.08 Å². The number of aryl methyl sites for hydroxylation is 1. The van der Waals surface area contributed by atoms with Crippen LogP contribution in [0, 0.1) is 6.92 Å². The maximum atomic E-state index is 12.2. The van der Waals surface area contributed by atoms with Crippen molar-refractivity contribution in [1.29, 1.82) is 0 Å². The fourth-order valence-electron chi connectivity index (χ4n) is 1.80. The molecule has 1 N–H and O–H groups in total. The Balaban J connectivity index is 2.06. The van der Waals surface area contributed by atoms with Crippen molar-refractivity contribution < 1.29 is 14.3 Å². The number of ether oxygens (including phenoxy) is 1. The van der Waals surface area contributed by atoms with Gasteiger partial charge in [0.05, 0.1) is 12.7 Å². The molecule has 2 heterocycles. The molecule has 2 aromatic heterocycles. The van der Waals surface area contributed by atoms with Crippen molar-refractivity contribution >= 4 is 23.2 Å². The van der Waals surface area contributed by atoms with Crippen LogP contribution in [0.2, 0.25) is 0 Å². The van der Waals surface area contributed by atoms with Gasteiger partial charge in [0.2, 0.25) is 0 Å². The Bertz CT molecular complexity index is 657. The summed E-state index contributed by atoms with van der Waals surface area (Å²) in [4.78, 5) is 24.2. The highest BCUT2D eigenvalue weighted by molar-refractivity contribution is 7.14. The fourth-order valence-corrected chi connectivity index (χ4v) is 2.77. The molecular weight excluding hydrogens is 288 g/mol. The molecule has 0 bridgehead atoms. The minimum atomic E-state index is -0.441. The molecular formula is C15H16N2O3S. The Morgan fingerprint density at radius 1 is 1.38 bits per heavy atom. The highest BCUT2D eigenvalue weighted by atomic mass is 32.1. The molecule has 0 aliphatic heterocycles. The molecule has 0 atom stereocenters. The maximum Gasteiger partial charge on any atom is 0.330 e. The Hall–Kier alpha value is -2.34. The second-order valence-corrected chi connectivity index (χ2v) is 5.54. The number of hydrogen-bond acceptors (Lipinski definition) is 4. The summed E-state index contributed by atoms with van der Waals surface area (Å²) in [6, 6.07) is 5.69. The highest BCUT2D eigenvalue weighted by Gasteiger charge is 2.15. The summed E-state index contributed by atoms with van der Waals surface area (Å²) in [5, 5.41) is 3.64. The van der Waals surface area contributed by atoms with Crippen LogP contribution < -0.4 is 5.32 Å². The van der Waals surface area contributed by atoms with Crippen molar-refractivity contribution in [3.05, 3.63) is 53.2 Å². The number of methoxy groups -OCH3 is 1. The molecule has 0 radical (unpaired) electrons. The molecule has 0 spiro atoms. The molecule has 2 aromatic rings. The van der Waals surface area contributed by atoms with Crippen LogP contribution >= 0.6 is 11.3 Å². The molecule has 110 valence electrons. The van der Waals surface area contributed by atoms with Gasteiger partial charge in [0.1, 0.15) is 5.00 Å². The molecule has 6 heteroatoms. The van der Waals surface area contributed by atoms with E-state index in [0.29, 0.717) is 5.56 Å². The van der Waals surface area contributed by atoms with E-state index in [2.05, 4.69) is 10.1 Å². The number of nitrogens with zero attached hydrogens (tertiary/aromatic N) is 1. The first-order chi connectivity index (χ1) is 10.1. The third-order valence-corrected chi connectivity index (χ3v) is 3.82. The quantitative estimate of drug-likeness (QED) is 0.681. The highest BCUT2D eigenvalue weighted by Crippen LogP contribution is 2.26. The maximum absolute atomic E-state index is 12.2. The van der Waals surface area contributed by atoms with Gasteiger partial charge in [-0.2, -0.15) is 0 Å². The van der Waals surface area contributed by atoms with E-state index in [9.17, 15) is 9.59 Å². The summed E-state index contributed by atoms with van der Waals surface area (Å²) in [5.74, 6) is -0.610. The number of esters is 1. The van der Waals surface area contributed by atoms with Gasteiger partial charge in [0.25, 0.3) is 5.91 Å². The number of carbonyl (C=O) groups is 2. The van der Waals surface area contributed by atoms with Gasteiger partial charge >= 0.3 is 5.97 Å². The van der Waals surface area contributed by atoms with Gasteiger partial charge in [0.15, 0.2) is 0 Å². The van der Waals surface area contributed by atoms with Crippen molar-refractivity contribution in [2.45, 2.75) is 6.92 Å². The molecule has 1 amide bonds. The molecule has 0 aliphatic rings. The molecule has 2 rings (SSSR count). The van der Waals surface area contributed by atoms with Crippen molar-refractivity contribution in [2.24, 2.45) is 0 Å². The number of carbonyl (C=O) groups excluding carboxylic acids is 2. The molecule has 0 aromatic carbocycles. The Morgan fingerprint density at radius 3 is 2.76 bits per heavy atom. The van der Waals surface area contributed by atoms with Gasteiger partial charge < -0.3 is 14.6 Å². The fraction of sp³-hybridized carbons (Fsp3) is 0.200. The van der Waals surface area contributed by atoms with Crippen LogP contribution in [0.1, 0.15) is 15.2 Å². The zero-order valence-corrected chi connectivity index (χ0v) is 12.6. The van der Waals surface area contributed by atoms with Gasteiger partial charge in [-0.15, -0.1) is 11.3 Å². The molecule has 0 saturated heterocycles. The number of hydrogen-bond donors (Lipinski definition) is 1. The summed E-state index contributed by atoms with van der Waals surface area (Å²) in [6.45, 7) is 2.24. The monoisotopic (exact) mass is 304 g/mol. The van der Waals surface area contributed by atoms with Crippen LogP contribution in [0.3, 0.4) is 0 Å². The lowest BCUT2D eigenvalue weighted by molar-refractivity contribution is -0.134. The molecule has 0 fully saturated rings. The normalized spacial score (nSPS) is 10.8. The summed E-state index contributed by atoms with van der Waals surface area (Å²) in [7, 11) is 1.31. The lowest BCUT2D eigenvalue weighted by atomic mass is 10.2. The van der Waals surface area contributed by atoms with Crippen molar-refractivity contribution in [3.8, 4) is 5.00 Å². The molecule has 0 aliphatic carbocycles. The SMILES string of the molecule is COC(=O)/C=C/CNC(=O)c1cc(C)sc1-n1cccc1. The van der Waals surface area contributed by atoms with Crippen molar-refractivity contribution in [2.75, 3.05) is 13.7 Å². The Labute approximate surface area is 126 Å². The van der Waals surface area contributed by atoms with Gasteiger partial charge in [0, 0.05) is 29.9 Å². The molecule has 0 unspecified atom stereocenters. The summed E-state index contributed by atoms with van der Waals surface area (Å²) in [5.41, 5.74) is 0.625. The van der Waals surface area contributed by atoms with Crippen molar-refractivity contribution in [3.63, 3.8) is 0 Å². The third-order valence-electron chi connectivity index (χ3n) is 2.75. The predicted molar refractivity (Wildman–Crippen MR) is 81.9 cm³/mol. The predicted octanol–water partition coefficient (Wildman–Crippen LogP) is 2.31. The first kappa shape index (κ1) is 15.1. The average Bonchev–Trinajstić information content (AvgIpc) is 3.11. The zero-order valence-electron chi connectivity index (χ0n) is 11.8. The first-order valence-corrected chi connectivity index (χ1v) is 7.20. The van der Waals surface area contributed by atoms with E-state index in [0.717, 1.165) is 9.88 Å². The topological polar surface area (TPSA) is 60.3 Å². The van der Waals surface area contributed by atoms with E-state index in [-0.39, 0.29) is 12.5 Å². The van der Waals surface area contributed by atoms with Gasteiger partial charge in [-0.25, -0.2) is 4.79 Å². The number of nitrogens with one attached hydrogen (secondary N) is 1. The molecule has 0 saturated carbocycles. The van der Waals surface area contributed by atoms with E-state index in [1.165, 1.54) is 13.2 Å². The largest absolute Gasteiger partial charge is 0.466 e. The lowest BCUT2D eigenvalue weighted by Gasteiger charge is -2.05. The van der Waals surface area contributed by atoms with Gasteiger partial charge in [-0.05, 0) is 25.1 Å². The third kappa shape index (κ3) is 3.82. The van der Waals surface area contributed by atoms with Crippen LogP contribution in [0.5, 0.6) is 0 Å². The van der Waals surface area contributed by atoms with Crippen LogP contribution in [0.15, 0.2) is 42.7 Å². The van der Waals surface area contributed by atoms with Crippen LogP contribution in [0.25, 0.3) is 5.00 Å². The second kappa shape index (κ2) is 6.90. The van der Waals surface area contributed by atoms with Crippen molar-refractivity contribution in [1.82, 2.24) is 9.88 Å². The number of thiophene rings is 1. The van der Waals surface area contributed by atoms with E-state index in [1.54, 1.807) is 17.4 Å². The van der Waals surface area contributed by atoms with Crippen LogP contribution in [0.4, 0.5) is 0 Å². The minimum Gasteiger partial charge on any atom is -0.466 e. The van der Waals surface area contributed by atoms with Gasteiger partial charge in [-0.3, -0.25) is 4.79 Å². The molecule has 5 nitrogen and oxygen atoms in total. The van der Waals surface area contributed by atoms with E-state index >= 15 is 0 Å². The first-order valence-electron chi connectivity index (χ1n) is 6.38. The minimum absolute atomic E-state index is 0.169. The summed E-state index contributed by atoms with van der Waals surface area (Å²) in [6.07, 6.45) is 6.64. The number of rotatable bonds is 5. The van der Waals surface area contributed by atoms with Crippen LogP contribution in [-0.4, -0.2) is 30.1 Å².